The molecule has 58 heavy (non-hydrogen) atoms. The molecule has 13 heteroatoms. The first kappa shape index (κ1) is 38.4. The van der Waals surface area contributed by atoms with Crippen LogP contribution in [0.5, 0.6) is 11.5 Å². The molecule has 0 unspecified atom stereocenters. The average molecular weight is 781 g/mol. The van der Waals surface area contributed by atoms with Crippen LogP contribution in [0.25, 0.3) is 16.7 Å². The van der Waals surface area contributed by atoms with Crippen LogP contribution in [0.4, 0.5) is 27.8 Å². The number of hydrogen-bond acceptors (Lipinski definition) is 11. The van der Waals surface area contributed by atoms with E-state index in [1.807, 2.05) is 96.8 Å². The number of benzene rings is 4. The fourth-order valence-electron chi connectivity index (χ4n) is 7.66. The summed E-state index contributed by atoms with van der Waals surface area (Å²) in [5, 5.41) is 4.01. The van der Waals surface area contributed by atoms with Gasteiger partial charge >= 0.3 is 6.09 Å². The number of ether oxygens (including phenoxy) is 3. The average Bonchev–Trinajstić information content (AvgIpc) is 3.26. The SMILES string of the molecule is COc1ccc(CNc2ncc3cc(N4CCN(C(=O)OCc5ccccc5)c5c(C)cccc54)c(=O)n(-c4ccc(CN5CCN(C)CC5)cc4)c3n2)c(OC)c1. The van der Waals surface area contributed by atoms with Crippen LogP contribution >= 0.6 is 0 Å². The highest BCUT2D eigenvalue weighted by Gasteiger charge is 2.32. The lowest BCUT2D eigenvalue weighted by atomic mass is 10.1. The fourth-order valence-corrected chi connectivity index (χ4v) is 7.66. The summed E-state index contributed by atoms with van der Waals surface area (Å²) in [5.41, 5.74) is 6.67. The number of aryl methyl sites for hydroxylation is 1. The molecule has 0 bridgehead atoms. The molecule has 1 N–H and O–H groups in total. The molecule has 4 aromatic carbocycles. The van der Waals surface area contributed by atoms with E-state index in [9.17, 15) is 4.79 Å². The van der Waals surface area contributed by atoms with E-state index >= 15 is 4.79 Å². The van der Waals surface area contributed by atoms with Gasteiger partial charge in [-0.2, -0.15) is 4.98 Å². The fraction of sp³-hybridized carbons (Fsp3) is 0.289. The van der Waals surface area contributed by atoms with E-state index in [1.165, 1.54) is 5.56 Å². The summed E-state index contributed by atoms with van der Waals surface area (Å²) in [5.74, 6) is 1.73. The molecule has 2 aliphatic heterocycles. The molecule has 8 rings (SSSR count). The number of aromatic nitrogens is 3. The number of para-hydroxylation sites is 1. The first-order valence-corrected chi connectivity index (χ1v) is 19.5. The Morgan fingerprint density at radius 2 is 1.60 bits per heavy atom. The zero-order chi connectivity index (χ0) is 40.2. The van der Waals surface area contributed by atoms with Gasteiger partial charge in [-0.25, -0.2) is 9.78 Å². The van der Waals surface area contributed by atoms with Gasteiger partial charge in [-0.3, -0.25) is 19.2 Å². The number of rotatable bonds is 11. The largest absolute Gasteiger partial charge is 0.497 e. The zero-order valence-electron chi connectivity index (χ0n) is 33.4. The number of fused-ring (bicyclic) bond motifs is 2. The number of anilines is 4. The molecule has 4 heterocycles. The Morgan fingerprint density at radius 3 is 2.36 bits per heavy atom. The van der Waals surface area contributed by atoms with Crippen molar-refractivity contribution in [3.05, 3.63) is 136 Å². The van der Waals surface area contributed by atoms with Crippen LogP contribution in [0.15, 0.2) is 108 Å². The van der Waals surface area contributed by atoms with Crippen molar-refractivity contribution in [2.75, 3.05) is 75.7 Å². The van der Waals surface area contributed by atoms with Gasteiger partial charge in [-0.15, -0.1) is 0 Å². The van der Waals surface area contributed by atoms with Gasteiger partial charge in [0.2, 0.25) is 5.95 Å². The highest BCUT2D eigenvalue weighted by molar-refractivity contribution is 5.97. The predicted molar refractivity (Wildman–Crippen MR) is 227 cm³/mol. The lowest BCUT2D eigenvalue weighted by Gasteiger charge is -2.38. The Balaban J connectivity index is 1.16. The minimum Gasteiger partial charge on any atom is -0.497 e. The number of pyridine rings is 1. The number of nitrogens with one attached hydrogen (secondary N) is 1. The minimum atomic E-state index is -0.438. The van der Waals surface area contributed by atoms with Crippen molar-refractivity contribution in [1.82, 2.24) is 24.3 Å². The Hall–Kier alpha value is -6.44. The van der Waals surface area contributed by atoms with Crippen molar-refractivity contribution in [2.45, 2.75) is 26.6 Å². The minimum absolute atomic E-state index is 0.162. The third-order valence-electron chi connectivity index (χ3n) is 10.9. The van der Waals surface area contributed by atoms with Crippen LogP contribution in [-0.4, -0.2) is 91.0 Å². The van der Waals surface area contributed by atoms with Gasteiger partial charge in [0.15, 0.2) is 5.65 Å². The standard InChI is InChI=1S/C45H48N8O5/c1-31-9-8-12-38-41(31)52(45(55)58-30-33-10-6-5-7-11-33)24-23-51(38)39-25-35-28-47-44(46-27-34-15-18-37(56-3)26-40(34)57-4)48-42(35)53(43(39)54)36-16-13-32(14-17-36)29-50-21-19-49(2)20-22-50/h5-18,25-26,28H,19-24,27,29-30H2,1-4H3,(H,46,47,48). The van der Waals surface area contributed by atoms with Crippen molar-refractivity contribution < 1.29 is 19.0 Å². The highest BCUT2D eigenvalue weighted by Crippen LogP contribution is 2.40. The van der Waals surface area contributed by atoms with Crippen molar-refractivity contribution in [3.63, 3.8) is 0 Å². The molecule has 0 aliphatic carbocycles. The van der Waals surface area contributed by atoms with Gasteiger partial charge in [0.05, 0.1) is 31.3 Å². The van der Waals surface area contributed by atoms with E-state index in [2.05, 4.69) is 39.3 Å². The van der Waals surface area contributed by atoms with Crippen molar-refractivity contribution >= 4 is 40.1 Å². The number of methoxy groups -OCH3 is 2. The summed E-state index contributed by atoms with van der Waals surface area (Å²) < 4.78 is 18.4. The van der Waals surface area contributed by atoms with E-state index in [0.29, 0.717) is 65.2 Å². The van der Waals surface area contributed by atoms with Crippen LogP contribution < -0.4 is 30.1 Å². The molecule has 1 saturated heterocycles. The Labute approximate surface area is 338 Å². The Morgan fingerprint density at radius 1 is 0.810 bits per heavy atom. The maximum absolute atomic E-state index is 15.0. The second-order valence-electron chi connectivity index (χ2n) is 14.7. The second-order valence-corrected chi connectivity index (χ2v) is 14.7. The summed E-state index contributed by atoms with van der Waals surface area (Å²) in [6.45, 7) is 8.14. The number of amides is 1. The molecule has 298 valence electrons. The maximum Gasteiger partial charge on any atom is 0.414 e. The molecule has 0 spiro atoms. The van der Waals surface area contributed by atoms with Crippen LogP contribution in [-0.2, 0) is 24.4 Å². The van der Waals surface area contributed by atoms with Gasteiger partial charge in [0, 0.05) is 75.6 Å². The monoisotopic (exact) mass is 780 g/mol. The third-order valence-corrected chi connectivity index (χ3v) is 10.9. The summed E-state index contributed by atoms with van der Waals surface area (Å²) in [7, 11) is 5.39. The first-order valence-electron chi connectivity index (χ1n) is 19.5. The molecule has 2 aliphatic rings. The number of carbonyl (C=O) groups is 1. The summed E-state index contributed by atoms with van der Waals surface area (Å²) in [6, 6.07) is 31.1. The Kier molecular flexibility index (Phi) is 11.2. The van der Waals surface area contributed by atoms with Gasteiger partial charge in [0.25, 0.3) is 5.56 Å². The molecule has 6 aromatic rings. The number of piperazine rings is 1. The molecular weight excluding hydrogens is 733 g/mol. The summed E-state index contributed by atoms with van der Waals surface area (Å²) in [4.78, 5) is 46.7. The van der Waals surface area contributed by atoms with E-state index in [4.69, 9.17) is 19.2 Å². The lowest BCUT2D eigenvalue weighted by Crippen LogP contribution is -2.44. The second kappa shape index (κ2) is 17.0. The van der Waals surface area contributed by atoms with Crippen LogP contribution in [0.2, 0.25) is 0 Å². The van der Waals surface area contributed by atoms with Gasteiger partial charge in [-0.1, -0.05) is 54.6 Å². The van der Waals surface area contributed by atoms with E-state index in [-0.39, 0.29) is 12.2 Å². The molecule has 1 amide bonds. The van der Waals surface area contributed by atoms with Crippen molar-refractivity contribution in [2.24, 2.45) is 0 Å². The molecular formula is C45H48N8O5. The summed E-state index contributed by atoms with van der Waals surface area (Å²) in [6.07, 6.45) is 1.30. The number of nitrogens with zero attached hydrogens (tertiary/aromatic N) is 7. The lowest BCUT2D eigenvalue weighted by molar-refractivity contribution is 0.147. The van der Waals surface area contributed by atoms with Crippen LogP contribution in [0, 0.1) is 6.92 Å². The van der Waals surface area contributed by atoms with Gasteiger partial charge < -0.3 is 29.3 Å². The molecule has 0 radical (unpaired) electrons. The van der Waals surface area contributed by atoms with Crippen LogP contribution in [0.3, 0.4) is 0 Å². The van der Waals surface area contributed by atoms with E-state index in [1.54, 1.807) is 29.9 Å². The number of hydrogen-bond donors (Lipinski definition) is 1. The third kappa shape index (κ3) is 8.04. The topological polar surface area (TPSA) is 118 Å². The quantitative estimate of drug-likeness (QED) is 0.150. The van der Waals surface area contributed by atoms with Crippen LogP contribution in [0.1, 0.15) is 22.3 Å². The molecule has 0 atom stereocenters. The molecule has 2 aromatic heterocycles. The van der Waals surface area contributed by atoms with E-state index < -0.39 is 6.09 Å². The number of carbonyl (C=O) groups excluding carboxylic acids is 1. The highest BCUT2D eigenvalue weighted by atomic mass is 16.6. The first-order chi connectivity index (χ1) is 28.3. The normalized spacial score (nSPS) is 14.6. The maximum atomic E-state index is 15.0. The molecule has 0 saturated carbocycles. The van der Waals surface area contributed by atoms with Crippen molar-refractivity contribution in [1.29, 1.82) is 0 Å². The van der Waals surface area contributed by atoms with E-state index in [0.717, 1.165) is 55.1 Å². The van der Waals surface area contributed by atoms with Gasteiger partial charge in [0.1, 0.15) is 23.8 Å². The number of likely N-dealkylation sites (N-methyl/N-ethyl adjacent to an activating group) is 1. The predicted octanol–water partition coefficient (Wildman–Crippen LogP) is 6.76. The molecule has 13 nitrogen and oxygen atoms in total. The van der Waals surface area contributed by atoms with Crippen molar-refractivity contribution in [3.8, 4) is 17.2 Å². The zero-order valence-corrected chi connectivity index (χ0v) is 33.4. The molecule has 1 fully saturated rings. The smallest absolute Gasteiger partial charge is 0.414 e. The van der Waals surface area contributed by atoms with Gasteiger partial charge in [-0.05, 0) is 67.1 Å². The Bertz CT molecular complexity index is 2470. The summed E-state index contributed by atoms with van der Waals surface area (Å²) >= 11 is 0.